The van der Waals surface area contributed by atoms with Gasteiger partial charge in [-0.15, -0.1) is 19.7 Å². The molecule has 3 aliphatic heterocycles. The molecule has 3 unspecified atom stereocenters. The summed E-state index contributed by atoms with van der Waals surface area (Å²) in [5.74, 6) is -2.62. The maximum atomic E-state index is 12.0. The quantitative estimate of drug-likeness (QED) is 0.0645. The van der Waals surface area contributed by atoms with E-state index in [9.17, 15) is 44.1 Å². The van der Waals surface area contributed by atoms with Crippen molar-refractivity contribution in [1.29, 1.82) is 0 Å². The highest BCUT2D eigenvalue weighted by Crippen LogP contribution is 2.37. The Hall–Kier alpha value is -6.28. The summed E-state index contributed by atoms with van der Waals surface area (Å²) in [5.41, 5.74) is 8.99. The number of hydrogen-bond donors (Lipinski definition) is 7. The van der Waals surface area contributed by atoms with Crippen molar-refractivity contribution in [2.75, 3.05) is 52.5 Å². The first-order valence-electron chi connectivity index (χ1n) is 27.0. The van der Waals surface area contributed by atoms with Crippen molar-refractivity contribution in [3.8, 4) is 0 Å². The van der Waals surface area contributed by atoms with E-state index in [0.29, 0.717) is 77.4 Å². The predicted molar refractivity (Wildman–Crippen MR) is 313 cm³/mol. The second-order valence-electron chi connectivity index (χ2n) is 23.5. The Kier molecular flexibility index (Phi) is 32.0. The molecule has 2 aromatic carbocycles. The number of nitrogens with two attached hydrogens (primary N) is 2. The molecule has 9 N–H and O–H groups in total. The molecule has 0 bridgehead atoms. The van der Waals surface area contributed by atoms with Crippen LogP contribution >= 0.6 is 0 Å². The van der Waals surface area contributed by atoms with Gasteiger partial charge in [0.15, 0.2) is 0 Å². The average molecular weight is 1130 g/mol. The van der Waals surface area contributed by atoms with E-state index in [-0.39, 0.29) is 52.4 Å². The van der Waals surface area contributed by atoms with Gasteiger partial charge in [0.25, 0.3) is 0 Å². The van der Waals surface area contributed by atoms with Gasteiger partial charge >= 0.3 is 36.2 Å². The molecule has 19 heteroatoms. The molecule has 5 atom stereocenters. The summed E-state index contributed by atoms with van der Waals surface area (Å²) >= 11 is 0. The summed E-state index contributed by atoms with van der Waals surface area (Å²) < 4.78 is 15.9. The van der Waals surface area contributed by atoms with Crippen molar-refractivity contribution in [3.05, 3.63) is 110 Å². The number of aliphatic carboxylic acids is 3. The third-order valence-corrected chi connectivity index (χ3v) is 12.8. The summed E-state index contributed by atoms with van der Waals surface area (Å²) in [6.45, 7) is 29.3. The minimum Gasteiger partial charge on any atom is -0.481 e. The highest BCUT2D eigenvalue weighted by molar-refractivity contribution is 5.79. The highest BCUT2D eigenvalue weighted by atomic mass is 16.6. The molecule has 0 spiro atoms. The van der Waals surface area contributed by atoms with Gasteiger partial charge in [-0.05, 0) is 144 Å². The van der Waals surface area contributed by atoms with Gasteiger partial charge < -0.3 is 65.9 Å². The molecule has 3 heterocycles. The molecular formula is C61H99N5O14. The highest BCUT2D eigenvalue weighted by Gasteiger charge is 2.46. The second-order valence-corrected chi connectivity index (χ2v) is 23.5. The summed E-state index contributed by atoms with van der Waals surface area (Å²) in [7, 11) is 0. The summed E-state index contributed by atoms with van der Waals surface area (Å²) in [6.07, 6.45) is 9.75. The normalized spacial score (nSPS) is 20.5. The molecule has 5 rings (SSSR count). The Balaban J connectivity index is 0.000000990. The fourth-order valence-corrected chi connectivity index (χ4v) is 8.92. The number of carbonyl (C=O) groups excluding carboxylic acids is 3. The zero-order chi connectivity index (χ0) is 60.3. The molecule has 0 radical (unpaired) electrons. The molecule has 2 aromatic rings. The van der Waals surface area contributed by atoms with Crippen molar-refractivity contribution in [2.45, 2.75) is 169 Å². The van der Waals surface area contributed by atoms with E-state index in [1.807, 2.05) is 60.7 Å². The Morgan fingerprint density at radius 3 is 0.938 bits per heavy atom. The van der Waals surface area contributed by atoms with Crippen LogP contribution in [0.5, 0.6) is 0 Å². The second kappa shape index (κ2) is 34.8. The van der Waals surface area contributed by atoms with E-state index < -0.39 is 69.2 Å². The number of aliphatic hydroxyl groups excluding tert-OH is 2. The van der Waals surface area contributed by atoms with Gasteiger partial charge in [-0.2, -0.15) is 0 Å². The molecule has 3 aliphatic rings. The number of piperidine rings is 3. The van der Waals surface area contributed by atoms with Gasteiger partial charge in [-0.3, -0.25) is 14.4 Å². The van der Waals surface area contributed by atoms with Gasteiger partial charge in [0.2, 0.25) is 0 Å². The van der Waals surface area contributed by atoms with Crippen molar-refractivity contribution < 1.29 is 68.5 Å². The number of carboxylic acids is 3. The Labute approximate surface area is 477 Å². The summed E-state index contributed by atoms with van der Waals surface area (Å²) in [4.78, 5) is 75.0. The molecule has 80 heavy (non-hydrogen) atoms. The number of aliphatic hydroxyl groups is 2. The lowest BCUT2D eigenvalue weighted by atomic mass is 9.77. The Morgan fingerprint density at radius 2 is 0.750 bits per heavy atom. The lowest BCUT2D eigenvalue weighted by Gasteiger charge is -2.39. The fourth-order valence-electron chi connectivity index (χ4n) is 8.92. The largest absolute Gasteiger partial charge is 0.481 e. The Bertz CT molecular complexity index is 2010. The first-order chi connectivity index (χ1) is 36.8. The van der Waals surface area contributed by atoms with Gasteiger partial charge in [-0.25, -0.2) is 14.4 Å². The molecule has 0 aromatic heterocycles. The van der Waals surface area contributed by atoms with E-state index in [0.717, 1.165) is 12.8 Å². The third kappa shape index (κ3) is 27.3. The maximum Gasteiger partial charge on any atom is 0.410 e. The molecule has 0 saturated carbocycles. The van der Waals surface area contributed by atoms with E-state index in [1.54, 1.807) is 80.5 Å². The zero-order valence-electron chi connectivity index (χ0n) is 48.6. The van der Waals surface area contributed by atoms with E-state index in [4.69, 9.17) is 35.9 Å². The molecule has 3 fully saturated rings. The van der Waals surface area contributed by atoms with Crippen molar-refractivity contribution in [3.63, 3.8) is 0 Å². The number of amides is 3. The van der Waals surface area contributed by atoms with Crippen LogP contribution in [0, 0.1) is 16.2 Å². The van der Waals surface area contributed by atoms with Crippen LogP contribution in [0.1, 0.15) is 139 Å². The van der Waals surface area contributed by atoms with E-state index in [1.165, 1.54) is 25.8 Å². The van der Waals surface area contributed by atoms with Crippen LogP contribution in [0.15, 0.2) is 98.6 Å². The van der Waals surface area contributed by atoms with Crippen molar-refractivity contribution >= 4 is 36.2 Å². The number of likely N-dealkylation sites (tertiary alicyclic amines) is 3. The van der Waals surface area contributed by atoms with Crippen LogP contribution in [0.3, 0.4) is 0 Å². The minimum atomic E-state index is -0.920. The molecule has 19 nitrogen and oxygen atoms in total. The first kappa shape index (κ1) is 73.7. The monoisotopic (exact) mass is 1130 g/mol. The molecule has 0 aliphatic carbocycles. The van der Waals surface area contributed by atoms with Crippen LogP contribution in [0.2, 0.25) is 0 Å². The summed E-state index contributed by atoms with van der Waals surface area (Å²) in [6, 6.07) is 19.6. The lowest BCUT2D eigenvalue weighted by molar-refractivity contribution is -0.153. The van der Waals surface area contributed by atoms with Crippen molar-refractivity contribution in [1.82, 2.24) is 14.7 Å². The van der Waals surface area contributed by atoms with Crippen LogP contribution in [-0.2, 0) is 41.4 Å². The number of hydrogen-bond acceptors (Lipinski definition) is 13. The van der Waals surface area contributed by atoms with E-state index >= 15 is 0 Å². The number of nitrogens with zero attached hydrogens (tertiary/aromatic N) is 3. The maximum absolute atomic E-state index is 12.0. The molecule has 3 amide bonds. The lowest BCUT2D eigenvalue weighted by Crippen LogP contribution is -2.50. The number of carboxylic acid groups (broad SMARTS) is 3. The number of rotatable bonds is 15. The molecule has 452 valence electrons. The third-order valence-electron chi connectivity index (χ3n) is 12.8. The van der Waals surface area contributed by atoms with Gasteiger partial charge in [0.05, 0.1) is 29.5 Å². The SMILES string of the molecule is C.C=CCC1(C(=O)O)CCCN(C(=O)OC(C)(C)C)C1.C=CCC1(C(=O)O)CCCN(C(=O)OC(C)(C)C)C1.C=CCC1(C(=O)O)CCCN(C(=O)OC(C)(C)C)C1.N[C@H](CO)Cc1ccccc1.N[C@H](CO)Cc1ccccc1. The fraction of sp³-hybridized carbons (Fsp3) is 0.607. The van der Waals surface area contributed by atoms with Crippen LogP contribution in [-0.4, -0.2) is 158 Å². The number of benzene rings is 2. The predicted octanol–water partition coefficient (Wildman–Crippen LogP) is 9.73. The molecule has 3 saturated heterocycles. The standard InChI is InChI=1S/3C14H23NO4.2C9H13NO.CH4/c3*1-5-7-14(11(16)17)8-6-9-15(10-14)12(18)19-13(2,3)4;2*10-9(7-11)6-8-4-2-1-3-5-8;/h3*5H,1,6-10H2,2-4H3,(H,16,17);2*1-5,9,11H,6-7,10H2;1H4/t;;;2*9-;/m...00./s1. The van der Waals surface area contributed by atoms with Gasteiger partial charge in [0.1, 0.15) is 16.8 Å². The smallest absolute Gasteiger partial charge is 0.410 e. The summed E-state index contributed by atoms with van der Waals surface area (Å²) in [5, 5.41) is 45.6. The first-order valence-corrected chi connectivity index (χ1v) is 27.0. The number of allylic oxidation sites excluding steroid dienone is 3. The number of carbonyl (C=O) groups is 6. The topological polar surface area (TPSA) is 293 Å². The zero-order valence-corrected chi connectivity index (χ0v) is 48.6. The van der Waals surface area contributed by atoms with Crippen LogP contribution in [0.25, 0.3) is 0 Å². The van der Waals surface area contributed by atoms with Crippen LogP contribution in [0.4, 0.5) is 14.4 Å². The van der Waals surface area contributed by atoms with E-state index in [2.05, 4.69) is 19.7 Å². The number of ether oxygens (including phenoxy) is 3. The van der Waals surface area contributed by atoms with Crippen molar-refractivity contribution in [2.24, 2.45) is 27.7 Å². The Morgan fingerprint density at radius 1 is 0.512 bits per heavy atom. The van der Waals surface area contributed by atoms with Gasteiger partial charge in [-0.1, -0.05) is 86.3 Å². The minimum absolute atomic E-state index is 0. The van der Waals surface area contributed by atoms with Crippen LogP contribution < -0.4 is 11.5 Å². The average Bonchev–Trinajstić information content (AvgIpc) is 3.36. The van der Waals surface area contributed by atoms with Gasteiger partial charge in [0, 0.05) is 51.4 Å². The molecular weight excluding hydrogens is 1030 g/mol.